The van der Waals surface area contributed by atoms with Crippen LogP contribution >= 0.6 is 0 Å². The maximum atomic E-state index is 14.4. The molecule has 3 aromatic rings. The number of benzene rings is 3. The first-order valence-electron chi connectivity index (χ1n) is 13.8. The van der Waals surface area contributed by atoms with E-state index in [1.54, 1.807) is 17.0 Å². The van der Waals surface area contributed by atoms with Crippen LogP contribution in [0, 0.1) is 11.6 Å². The molecule has 0 aromatic heterocycles. The fourth-order valence-electron chi connectivity index (χ4n) is 5.93. The standard InChI is InChI=1S/C31H31F2N3O5S/c1-30(2,3)41-29(38)36-12-9-18-5-6-19(13-20(18)17-36)23-15-22(16-24-27(23)34-28(37)31(24)10-4-11-31)35-42(39,40)26-8-7-21(32)14-25(26)33/h5-8,13-16,35H,4,9-12,17H2,1-3H3,(H,34,37). The van der Waals surface area contributed by atoms with Gasteiger partial charge in [0.25, 0.3) is 10.0 Å². The topological polar surface area (TPSA) is 105 Å². The molecule has 0 bridgehead atoms. The van der Waals surface area contributed by atoms with Crippen LogP contribution in [-0.4, -0.2) is 37.5 Å². The molecule has 1 spiro atoms. The molecule has 1 fully saturated rings. The Balaban J connectivity index is 1.41. The van der Waals surface area contributed by atoms with E-state index in [-0.39, 0.29) is 11.6 Å². The maximum absolute atomic E-state index is 14.4. The fourth-order valence-corrected chi connectivity index (χ4v) is 7.03. The molecule has 220 valence electrons. The Morgan fingerprint density at radius 2 is 1.81 bits per heavy atom. The Morgan fingerprint density at radius 3 is 2.48 bits per heavy atom. The summed E-state index contributed by atoms with van der Waals surface area (Å²) in [6.07, 6.45) is 2.36. The van der Waals surface area contributed by atoms with Crippen molar-refractivity contribution in [1.29, 1.82) is 0 Å². The lowest BCUT2D eigenvalue weighted by molar-refractivity contribution is -0.123. The molecule has 0 radical (unpaired) electrons. The highest BCUT2D eigenvalue weighted by atomic mass is 32.2. The number of sulfonamides is 1. The van der Waals surface area contributed by atoms with Crippen LogP contribution < -0.4 is 10.0 Å². The maximum Gasteiger partial charge on any atom is 0.410 e. The zero-order valence-electron chi connectivity index (χ0n) is 23.5. The number of hydrogen-bond donors (Lipinski definition) is 2. The van der Waals surface area contributed by atoms with Crippen LogP contribution in [0.3, 0.4) is 0 Å². The number of nitrogens with one attached hydrogen (secondary N) is 2. The number of nitrogens with zero attached hydrogens (tertiary/aromatic N) is 1. The van der Waals surface area contributed by atoms with Crippen molar-refractivity contribution >= 4 is 33.4 Å². The van der Waals surface area contributed by atoms with E-state index >= 15 is 0 Å². The Bertz CT molecular complexity index is 1750. The summed E-state index contributed by atoms with van der Waals surface area (Å²) in [7, 11) is -4.42. The second-order valence-corrected chi connectivity index (χ2v) is 13.8. The van der Waals surface area contributed by atoms with E-state index in [1.165, 1.54) is 0 Å². The largest absolute Gasteiger partial charge is 0.444 e. The van der Waals surface area contributed by atoms with Crippen LogP contribution in [0.15, 0.2) is 53.4 Å². The van der Waals surface area contributed by atoms with Gasteiger partial charge in [-0.25, -0.2) is 22.0 Å². The molecule has 0 unspecified atom stereocenters. The molecular weight excluding hydrogens is 564 g/mol. The van der Waals surface area contributed by atoms with E-state index < -0.39 is 43.7 Å². The van der Waals surface area contributed by atoms with Crippen molar-refractivity contribution in [2.24, 2.45) is 0 Å². The van der Waals surface area contributed by atoms with Gasteiger partial charge in [-0.2, -0.15) is 0 Å². The van der Waals surface area contributed by atoms with Crippen molar-refractivity contribution in [3.05, 3.63) is 76.9 Å². The number of fused-ring (bicyclic) bond motifs is 3. The number of carbonyl (C=O) groups is 2. The minimum absolute atomic E-state index is 0.136. The third-order valence-electron chi connectivity index (χ3n) is 8.15. The lowest BCUT2D eigenvalue weighted by Crippen LogP contribution is -2.40. The average Bonchev–Trinajstić information content (AvgIpc) is 3.18. The van der Waals surface area contributed by atoms with E-state index in [0.717, 1.165) is 35.2 Å². The molecule has 0 saturated heterocycles. The molecule has 3 aliphatic rings. The molecule has 8 nitrogen and oxygen atoms in total. The molecule has 2 amide bonds. The van der Waals surface area contributed by atoms with Crippen molar-refractivity contribution in [1.82, 2.24) is 4.90 Å². The number of rotatable bonds is 4. The highest BCUT2D eigenvalue weighted by Crippen LogP contribution is 2.54. The summed E-state index contributed by atoms with van der Waals surface area (Å²) in [5.74, 6) is -2.23. The van der Waals surface area contributed by atoms with Gasteiger partial charge >= 0.3 is 6.09 Å². The number of ether oxygens (including phenoxy) is 1. The molecule has 0 atom stereocenters. The molecule has 2 aliphatic heterocycles. The first-order valence-corrected chi connectivity index (χ1v) is 15.3. The molecule has 2 heterocycles. The fraction of sp³-hybridized carbons (Fsp3) is 0.355. The summed E-state index contributed by atoms with van der Waals surface area (Å²) >= 11 is 0. The highest BCUT2D eigenvalue weighted by Gasteiger charge is 2.52. The monoisotopic (exact) mass is 595 g/mol. The normalized spacial score (nSPS) is 17.3. The summed E-state index contributed by atoms with van der Waals surface area (Å²) in [6.45, 7) is 6.31. The minimum atomic E-state index is -4.42. The summed E-state index contributed by atoms with van der Waals surface area (Å²) in [4.78, 5) is 26.9. The Kier molecular flexibility index (Phi) is 6.56. The van der Waals surface area contributed by atoms with Gasteiger partial charge in [-0.1, -0.05) is 18.6 Å². The van der Waals surface area contributed by atoms with E-state index in [2.05, 4.69) is 10.0 Å². The second-order valence-electron chi connectivity index (χ2n) is 12.2. The van der Waals surface area contributed by atoms with Crippen molar-refractivity contribution in [2.45, 2.75) is 68.9 Å². The van der Waals surface area contributed by atoms with E-state index in [1.807, 2.05) is 39.0 Å². The average molecular weight is 596 g/mol. The van der Waals surface area contributed by atoms with Gasteiger partial charge in [-0.3, -0.25) is 9.52 Å². The predicted molar refractivity (Wildman–Crippen MR) is 154 cm³/mol. The number of amides is 2. The van der Waals surface area contributed by atoms with Gasteiger partial charge in [0.2, 0.25) is 5.91 Å². The van der Waals surface area contributed by atoms with Crippen molar-refractivity contribution in [3.63, 3.8) is 0 Å². The summed E-state index contributed by atoms with van der Waals surface area (Å²) in [5, 5.41) is 3.02. The van der Waals surface area contributed by atoms with E-state index in [0.29, 0.717) is 55.2 Å². The van der Waals surface area contributed by atoms with Gasteiger partial charge in [0, 0.05) is 30.4 Å². The number of halogens is 2. The quantitative estimate of drug-likeness (QED) is 0.379. The molecule has 6 rings (SSSR count). The SMILES string of the molecule is CC(C)(C)OC(=O)N1CCc2ccc(-c3cc(NS(=O)(=O)c4ccc(F)cc4F)cc4c3NC(=O)C43CCC3)cc2C1. The van der Waals surface area contributed by atoms with Crippen LogP contribution in [0.5, 0.6) is 0 Å². The number of hydrogen-bond acceptors (Lipinski definition) is 5. The van der Waals surface area contributed by atoms with Gasteiger partial charge in [-0.15, -0.1) is 0 Å². The van der Waals surface area contributed by atoms with Crippen molar-refractivity contribution < 1.29 is 31.5 Å². The Labute approximate surface area is 243 Å². The zero-order valence-corrected chi connectivity index (χ0v) is 24.3. The molecule has 3 aromatic carbocycles. The third kappa shape index (κ3) is 4.89. The molecular formula is C31H31F2N3O5S. The minimum Gasteiger partial charge on any atom is -0.444 e. The lowest BCUT2D eigenvalue weighted by Gasteiger charge is -2.36. The smallest absolute Gasteiger partial charge is 0.410 e. The van der Waals surface area contributed by atoms with Gasteiger partial charge < -0.3 is 15.0 Å². The highest BCUT2D eigenvalue weighted by molar-refractivity contribution is 7.92. The summed E-state index contributed by atoms with van der Waals surface area (Å²) in [5.41, 5.74) is 3.38. The van der Waals surface area contributed by atoms with Crippen molar-refractivity contribution in [3.8, 4) is 11.1 Å². The van der Waals surface area contributed by atoms with Gasteiger partial charge in [0.15, 0.2) is 0 Å². The lowest BCUT2D eigenvalue weighted by atomic mass is 9.65. The van der Waals surface area contributed by atoms with Crippen molar-refractivity contribution in [2.75, 3.05) is 16.6 Å². The van der Waals surface area contributed by atoms with Crippen LogP contribution in [0.4, 0.5) is 25.0 Å². The van der Waals surface area contributed by atoms with Gasteiger partial charge in [0.1, 0.15) is 22.1 Å². The Hall–Kier alpha value is -3.99. The zero-order chi connectivity index (χ0) is 30.0. The third-order valence-corrected chi connectivity index (χ3v) is 9.57. The van der Waals surface area contributed by atoms with Crippen LogP contribution in [-0.2, 0) is 37.9 Å². The molecule has 1 saturated carbocycles. The number of carbonyl (C=O) groups excluding carboxylic acids is 2. The summed E-state index contributed by atoms with van der Waals surface area (Å²) in [6, 6.07) is 11.3. The molecule has 42 heavy (non-hydrogen) atoms. The first-order chi connectivity index (χ1) is 19.8. The second kappa shape index (κ2) is 9.79. The number of anilines is 2. The van der Waals surface area contributed by atoms with E-state index in [9.17, 15) is 26.8 Å². The molecule has 1 aliphatic carbocycles. The van der Waals surface area contributed by atoms with Crippen LogP contribution in [0.2, 0.25) is 0 Å². The molecule has 2 N–H and O–H groups in total. The van der Waals surface area contributed by atoms with E-state index in [4.69, 9.17) is 4.74 Å². The predicted octanol–water partition coefficient (Wildman–Crippen LogP) is 6.10. The first kappa shape index (κ1) is 28.1. The summed E-state index contributed by atoms with van der Waals surface area (Å²) < 4.78 is 62.3. The van der Waals surface area contributed by atoms with Gasteiger partial charge in [0.05, 0.1) is 11.1 Å². The Morgan fingerprint density at radius 1 is 1.05 bits per heavy atom. The van der Waals surface area contributed by atoms with Crippen LogP contribution in [0.25, 0.3) is 11.1 Å². The molecule has 11 heteroatoms. The van der Waals surface area contributed by atoms with Gasteiger partial charge in [-0.05, 0) is 92.6 Å². The van der Waals surface area contributed by atoms with Crippen LogP contribution in [0.1, 0.15) is 56.7 Å².